The molecule has 0 spiro atoms. The van der Waals surface area contributed by atoms with E-state index in [9.17, 15) is 0 Å². The zero-order valence-corrected chi connectivity index (χ0v) is 11.1. The summed E-state index contributed by atoms with van der Waals surface area (Å²) in [5.41, 5.74) is 5.04. The largest absolute Gasteiger partial charge is 0.260 e. The van der Waals surface area contributed by atoms with Crippen molar-refractivity contribution in [1.29, 1.82) is 0 Å². The fourth-order valence-corrected chi connectivity index (χ4v) is 2.54. The number of hydrogen-bond donors (Lipinski definition) is 0. The van der Waals surface area contributed by atoms with Crippen molar-refractivity contribution in [2.24, 2.45) is 10.9 Å². The summed E-state index contributed by atoms with van der Waals surface area (Å²) in [5, 5.41) is 0. The van der Waals surface area contributed by atoms with Gasteiger partial charge in [-0.2, -0.15) is 0 Å². The second-order valence-electron chi connectivity index (χ2n) is 5.00. The van der Waals surface area contributed by atoms with Gasteiger partial charge in [-0.25, -0.2) is 0 Å². The second-order valence-corrected chi connectivity index (χ2v) is 5.00. The van der Waals surface area contributed by atoms with Gasteiger partial charge in [0.2, 0.25) is 0 Å². The third-order valence-corrected chi connectivity index (χ3v) is 3.60. The van der Waals surface area contributed by atoms with Gasteiger partial charge in [-0.1, -0.05) is 67.6 Å². The van der Waals surface area contributed by atoms with E-state index in [0.29, 0.717) is 5.92 Å². The van der Waals surface area contributed by atoms with E-state index in [1.807, 2.05) is 12.3 Å². The zero-order valence-electron chi connectivity index (χ0n) is 11.1. The molecule has 0 bridgehead atoms. The van der Waals surface area contributed by atoms with Crippen molar-refractivity contribution in [3.63, 3.8) is 0 Å². The number of nitrogens with zero attached hydrogens (tertiary/aromatic N) is 1. The van der Waals surface area contributed by atoms with Gasteiger partial charge in [-0.3, -0.25) is 4.99 Å². The van der Waals surface area contributed by atoms with Crippen LogP contribution in [0, 0.1) is 5.92 Å². The Balaban J connectivity index is 1.94. The van der Waals surface area contributed by atoms with Crippen molar-refractivity contribution in [3.05, 3.63) is 78.0 Å². The van der Waals surface area contributed by atoms with Crippen LogP contribution in [0.4, 0.5) is 0 Å². The lowest BCUT2D eigenvalue weighted by Crippen LogP contribution is -2.12. The Bertz CT molecular complexity index is 609. The summed E-state index contributed by atoms with van der Waals surface area (Å²) in [7, 11) is 0. The molecule has 0 fully saturated rings. The molecule has 0 saturated heterocycles. The average Bonchev–Trinajstić information content (AvgIpc) is 2.49. The van der Waals surface area contributed by atoms with E-state index in [4.69, 9.17) is 0 Å². The minimum atomic E-state index is 0.509. The Kier molecular flexibility index (Phi) is 3.28. The molecule has 0 aliphatic carbocycles. The number of allylic oxidation sites excluding steroid dienone is 1. The molecule has 1 unspecified atom stereocenters. The van der Waals surface area contributed by atoms with Crippen molar-refractivity contribution < 1.29 is 0 Å². The van der Waals surface area contributed by atoms with Crippen molar-refractivity contribution in [2.45, 2.75) is 13.3 Å². The van der Waals surface area contributed by atoms with E-state index in [0.717, 1.165) is 6.42 Å². The van der Waals surface area contributed by atoms with Gasteiger partial charge in [0.1, 0.15) is 0 Å². The normalized spacial score (nSPS) is 18.7. The van der Waals surface area contributed by atoms with Crippen LogP contribution in [-0.4, -0.2) is 5.71 Å². The summed E-state index contributed by atoms with van der Waals surface area (Å²) in [6, 6.07) is 21.0. The lowest BCUT2D eigenvalue weighted by atomic mass is 9.87. The zero-order chi connectivity index (χ0) is 13.1. The summed E-state index contributed by atoms with van der Waals surface area (Å²) >= 11 is 0. The third-order valence-electron chi connectivity index (χ3n) is 3.60. The first-order valence-electron chi connectivity index (χ1n) is 6.72. The quantitative estimate of drug-likeness (QED) is 0.738. The van der Waals surface area contributed by atoms with E-state index in [2.05, 4.69) is 66.5 Å². The van der Waals surface area contributed by atoms with E-state index >= 15 is 0 Å². The number of aliphatic imine (C=N–C) groups is 1. The van der Waals surface area contributed by atoms with E-state index < -0.39 is 0 Å². The van der Waals surface area contributed by atoms with Crippen molar-refractivity contribution in [2.75, 3.05) is 0 Å². The first kappa shape index (κ1) is 11.9. The molecule has 0 amide bonds. The molecule has 2 aromatic carbocycles. The monoisotopic (exact) mass is 247 g/mol. The highest BCUT2D eigenvalue weighted by Gasteiger charge is 2.18. The average molecular weight is 247 g/mol. The van der Waals surface area contributed by atoms with Crippen LogP contribution in [-0.2, 0) is 0 Å². The summed E-state index contributed by atoms with van der Waals surface area (Å²) in [6.07, 6.45) is 3.04. The van der Waals surface area contributed by atoms with Gasteiger partial charge in [0.15, 0.2) is 0 Å². The van der Waals surface area contributed by atoms with Gasteiger partial charge in [-0.05, 0) is 29.0 Å². The molecular weight excluding hydrogens is 230 g/mol. The third kappa shape index (κ3) is 2.50. The smallest absolute Gasteiger partial charge is 0.0481 e. The lowest BCUT2D eigenvalue weighted by molar-refractivity contribution is 0.779. The maximum absolute atomic E-state index is 4.66. The predicted molar refractivity (Wildman–Crippen MR) is 81.2 cm³/mol. The molecule has 1 aliphatic heterocycles. The van der Waals surface area contributed by atoms with Crippen LogP contribution >= 0.6 is 0 Å². The van der Waals surface area contributed by atoms with Gasteiger partial charge in [-0.15, -0.1) is 0 Å². The predicted octanol–water partition coefficient (Wildman–Crippen LogP) is 4.56. The van der Waals surface area contributed by atoms with Gasteiger partial charge < -0.3 is 0 Å². The molecule has 0 aromatic heterocycles. The molecule has 0 radical (unpaired) electrons. The molecular formula is C18H17N. The SMILES string of the molecule is CC1CC(c2ccccc2)=NC=C1c1ccccc1. The first-order valence-corrected chi connectivity index (χ1v) is 6.72. The standard InChI is InChI=1S/C18H17N/c1-14-12-18(16-10-6-3-7-11-16)19-13-17(14)15-8-4-2-5-9-15/h2-11,13-14H,12H2,1H3. The Morgan fingerprint density at radius 1 is 0.842 bits per heavy atom. The fourth-order valence-electron chi connectivity index (χ4n) is 2.54. The number of hydrogen-bond acceptors (Lipinski definition) is 1. The summed E-state index contributed by atoms with van der Waals surface area (Å²) < 4.78 is 0. The van der Waals surface area contributed by atoms with E-state index in [1.165, 1.54) is 22.4 Å². The van der Waals surface area contributed by atoms with Gasteiger partial charge >= 0.3 is 0 Å². The Morgan fingerprint density at radius 2 is 1.42 bits per heavy atom. The fraction of sp³-hybridized carbons (Fsp3) is 0.167. The van der Waals surface area contributed by atoms with Crippen molar-refractivity contribution in [3.8, 4) is 0 Å². The van der Waals surface area contributed by atoms with Crippen LogP contribution in [0.2, 0.25) is 0 Å². The number of benzene rings is 2. The van der Waals surface area contributed by atoms with Crippen LogP contribution in [0.15, 0.2) is 71.9 Å². The topological polar surface area (TPSA) is 12.4 Å². The lowest BCUT2D eigenvalue weighted by Gasteiger charge is -2.21. The Labute approximate surface area is 114 Å². The van der Waals surface area contributed by atoms with Crippen LogP contribution in [0.3, 0.4) is 0 Å². The highest BCUT2D eigenvalue weighted by atomic mass is 14.7. The first-order chi connectivity index (χ1) is 9.34. The Hall–Kier alpha value is -2.15. The summed E-state index contributed by atoms with van der Waals surface area (Å²) in [4.78, 5) is 4.66. The second kappa shape index (κ2) is 5.23. The van der Waals surface area contributed by atoms with Crippen LogP contribution in [0.5, 0.6) is 0 Å². The van der Waals surface area contributed by atoms with Gasteiger partial charge in [0.05, 0.1) is 0 Å². The highest BCUT2D eigenvalue weighted by Crippen LogP contribution is 2.30. The molecule has 1 heteroatoms. The van der Waals surface area contributed by atoms with Crippen LogP contribution in [0.25, 0.3) is 5.57 Å². The maximum atomic E-state index is 4.66. The maximum Gasteiger partial charge on any atom is 0.0481 e. The van der Waals surface area contributed by atoms with Crippen molar-refractivity contribution in [1.82, 2.24) is 0 Å². The highest BCUT2D eigenvalue weighted by molar-refractivity contribution is 6.03. The van der Waals surface area contributed by atoms with Gasteiger partial charge in [0, 0.05) is 11.9 Å². The Morgan fingerprint density at radius 3 is 2.00 bits per heavy atom. The molecule has 1 nitrogen and oxygen atoms in total. The molecule has 3 rings (SSSR count). The van der Waals surface area contributed by atoms with E-state index in [-0.39, 0.29) is 0 Å². The van der Waals surface area contributed by atoms with Crippen LogP contribution < -0.4 is 0 Å². The molecule has 1 atom stereocenters. The summed E-state index contributed by atoms with van der Waals surface area (Å²) in [6.45, 7) is 2.27. The van der Waals surface area contributed by atoms with Crippen molar-refractivity contribution >= 4 is 11.3 Å². The molecule has 0 N–H and O–H groups in total. The van der Waals surface area contributed by atoms with Crippen LogP contribution in [0.1, 0.15) is 24.5 Å². The molecule has 19 heavy (non-hydrogen) atoms. The number of rotatable bonds is 2. The molecule has 2 aromatic rings. The molecule has 0 saturated carbocycles. The minimum absolute atomic E-state index is 0.509. The molecule has 1 heterocycles. The molecule has 1 aliphatic rings. The molecule has 94 valence electrons. The minimum Gasteiger partial charge on any atom is -0.260 e. The van der Waals surface area contributed by atoms with Gasteiger partial charge in [0.25, 0.3) is 0 Å². The van der Waals surface area contributed by atoms with E-state index in [1.54, 1.807) is 0 Å². The summed E-state index contributed by atoms with van der Waals surface area (Å²) in [5.74, 6) is 0.509.